The molecule has 0 unspecified atom stereocenters. The van der Waals surface area contributed by atoms with Crippen LogP contribution in [0, 0.1) is 5.92 Å². The van der Waals surface area contributed by atoms with Gasteiger partial charge in [0.05, 0.1) is 19.3 Å². The molecule has 64 valence electrons. The van der Waals surface area contributed by atoms with E-state index in [0.717, 1.165) is 6.61 Å². The summed E-state index contributed by atoms with van der Waals surface area (Å²) >= 11 is 0. The van der Waals surface area contributed by atoms with E-state index < -0.39 is 0 Å². The third kappa shape index (κ3) is 1.08. The van der Waals surface area contributed by atoms with Gasteiger partial charge in [-0.05, 0) is 0 Å². The first-order valence-electron chi connectivity index (χ1n) is 4.09. The fraction of sp³-hybridized carbons (Fsp3) is 1.00. The second-order valence-electron chi connectivity index (χ2n) is 3.35. The van der Waals surface area contributed by atoms with Crippen LogP contribution in [0.5, 0.6) is 0 Å². The van der Waals surface area contributed by atoms with E-state index in [2.05, 4.69) is 6.92 Å². The van der Waals surface area contributed by atoms with Crippen LogP contribution in [-0.4, -0.2) is 38.6 Å². The number of rotatable bonds is 1. The van der Waals surface area contributed by atoms with Gasteiger partial charge in [-0.15, -0.1) is 0 Å². The van der Waals surface area contributed by atoms with Crippen molar-refractivity contribution >= 4 is 0 Å². The summed E-state index contributed by atoms with van der Waals surface area (Å²) in [4.78, 5) is 0. The van der Waals surface area contributed by atoms with Gasteiger partial charge in [0.15, 0.2) is 0 Å². The molecule has 0 aliphatic carbocycles. The van der Waals surface area contributed by atoms with Crippen LogP contribution in [0.2, 0.25) is 0 Å². The molecule has 2 fully saturated rings. The summed E-state index contributed by atoms with van der Waals surface area (Å²) < 4.78 is 16.3. The molecule has 2 saturated heterocycles. The molecule has 0 bridgehead atoms. The van der Waals surface area contributed by atoms with Gasteiger partial charge in [0.1, 0.15) is 12.2 Å². The molecule has 0 N–H and O–H groups in total. The van der Waals surface area contributed by atoms with Crippen molar-refractivity contribution in [3.63, 3.8) is 0 Å². The van der Waals surface area contributed by atoms with Crippen molar-refractivity contribution in [2.45, 2.75) is 25.2 Å². The van der Waals surface area contributed by atoms with E-state index in [1.165, 1.54) is 0 Å². The molecular formula is C8H14O3. The van der Waals surface area contributed by atoms with Crippen LogP contribution >= 0.6 is 0 Å². The third-order valence-corrected chi connectivity index (χ3v) is 2.56. The monoisotopic (exact) mass is 158 g/mol. The average Bonchev–Trinajstić information content (AvgIpc) is 2.53. The highest BCUT2D eigenvalue weighted by Gasteiger charge is 2.45. The zero-order valence-electron chi connectivity index (χ0n) is 6.95. The minimum Gasteiger partial charge on any atom is -0.376 e. The van der Waals surface area contributed by atoms with E-state index in [0.29, 0.717) is 12.5 Å². The molecular weight excluding hydrogens is 144 g/mol. The molecule has 0 aromatic heterocycles. The summed E-state index contributed by atoms with van der Waals surface area (Å²) in [6, 6.07) is 0. The normalized spacial score (nSPS) is 49.6. The minimum atomic E-state index is 0.157. The maximum Gasteiger partial charge on any atom is 0.112 e. The average molecular weight is 158 g/mol. The number of ether oxygens (including phenoxy) is 3. The summed E-state index contributed by atoms with van der Waals surface area (Å²) in [7, 11) is 1.71. The Morgan fingerprint density at radius 3 is 2.64 bits per heavy atom. The van der Waals surface area contributed by atoms with Gasteiger partial charge in [0.25, 0.3) is 0 Å². The van der Waals surface area contributed by atoms with Gasteiger partial charge < -0.3 is 14.2 Å². The highest BCUT2D eigenvalue weighted by Crippen LogP contribution is 2.31. The van der Waals surface area contributed by atoms with Crippen LogP contribution in [0.25, 0.3) is 0 Å². The van der Waals surface area contributed by atoms with Gasteiger partial charge in [-0.25, -0.2) is 0 Å². The van der Waals surface area contributed by atoms with Gasteiger partial charge in [0.2, 0.25) is 0 Å². The molecule has 0 aromatic rings. The maximum atomic E-state index is 5.54. The Balaban J connectivity index is 2.04. The van der Waals surface area contributed by atoms with Gasteiger partial charge >= 0.3 is 0 Å². The SMILES string of the molecule is CO[C@H]1CO[C@H]2[C@@H]1OC[C@@H]2C. The lowest BCUT2D eigenvalue weighted by Gasteiger charge is -2.13. The lowest BCUT2D eigenvalue weighted by atomic mass is 10.0. The predicted molar refractivity (Wildman–Crippen MR) is 39.4 cm³/mol. The van der Waals surface area contributed by atoms with Gasteiger partial charge in [-0.2, -0.15) is 0 Å². The minimum absolute atomic E-state index is 0.157. The number of fused-ring (bicyclic) bond motifs is 1. The third-order valence-electron chi connectivity index (χ3n) is 2.56. The second kappa shape index (κ2) is 2.73. The lowest BCUT2D eigenvalue weighted by molar-refractivity contribution is -0.00878. The van der Waals surface area contributed by atoms with Crippen LogP contribution < -0.4 is 0 Å². The van der Waals surface area contributed by atoms with Crippen molar-refractivity contribution in [1.82, 2.24) is 0 Å². The van der Waals surface area contributed by atoms with E-state index in [-0.39, 0.29) is 18.3 Å². The summed E-state index contributed by atoms with van der Waals surface area (Å²) in [5.41, 5.74) is 0. The smallest absolute Gasteiger partial charge is 0.112 e. The van der Waals surface area contributed by atoms with Crippen LogP contribution in [0.3, 0.4) is 0 Å². The Hall–Kier alpha value is -0.120. The molecule has 2 aliphatic heterocycles. The van der Waals surface area contributed by atoms with E-state index in [1.807, 2.05) is 0 Å². The molecule has 0 radical (unpaired) electrons. The topological polar surface area (TPSA) is 27.7 Å². The maximum absolute atomic E-state index is 5.54. The molecule has 2 rings (SSSR count). The Morgan fingerprint density at radius 2 is 1.91 bits per heavy atom. The molecule has 0 spiro atoms. The predicted octanol–water partition coefficient (Wildman–Crippen LogP) is 0.435. The molecule has 0 aromatic carbocycles. The Kier molecular flexibility index (Phi) is 1.87. The largest absolute Gasteiger partial charge is 0.376 e. The van der Waals surface area contributed by atoms with Crippen molar-refractivity contribution in [3.8, 4) is 0 Å². The quantitative estimate of drug-likeness (QED) is 0.554. The second-order valence-corrected chi connectivity index (χ2v) is 3.35. The number of hydrogen-bond acceptors (Lipinski definition) is 3. The molecule has 3 nitrogen and oxygen atoms in total. The van der Waals surface area contributed by atoms with Crippen molar-refractivity contribution in [2.75, 3.05) is 20.3 Å². The van der Waals surface area contributed by atoms with Crippen LogP contribution in [-0.2, 0) is 14.2 Å². The Bertz CT molecular complexity index is 148. The van der Waals surface area contributed by atoms with Crippen LogP contribution in [0.1, 0.15) is 6.92 Å². The molecule has 3 heteroatoms. The summed E-state index contributed by atoms with van der Waals surface area (Å²) in [5.74, 6) is 0.528. The van der Waals surface area contributed by atoms with Gasteiger partial charge in [0, 0.05) is 13.0 Å². The summed E-state index contributed by atoms with van der Waals surface area (Å²) in [6.07, 6.45) is 0.625. The lowest BCUT2D eigenvalue weighted by Crippen LogP contribution is -2.29. The molecule has 0 amide bonds. The number of methoxy groups -OCH3 is 1. The van der Waals surface area contributed by atoms with E-state index in [1.54, 1.807) is 7.11 Å². The zero-order chi connectivity index (χ0) is 7.84. The van der Waals surface area contributed by atoms with E-state index >= 15 is 0 Å². The van der Waals surface area contributed by atoms with Crippen LogP contribution in [0.4, 0.5) is 0 Å². The summed E-state index contributed by atoms with van der Waals surface area (Å²) in [6.45, 7) is 3.66. The standard InChI is InChI=1S/C8H14O3/c1-5-3-10-8-6(9-2)4-11-7(5)8/h5-8H,3-4H2,1-2H3/t5-,6-,7+,8+/m0/s1. The first-order valence-corrected chi connectivity index (χ1v) is 4.09. The molecule has 2 aliphatic rings. The first-order chi connectivity index (χ1) is 5.33. The first kappa shape index (κ1) is 7.53. The van der Waals surface area contributed by atoms with E-state index in [4.69, 9.17) is 14.2 Å². The fourth-order valence-electron chi connectivity index (χ4n) is 1.86. The van der Waals surface area contributed by atoms with Crippen molar-refractivity contribution in [1.29, 1.82) is 0 Å². The Morgan fingerprint density at radius 1 is 1.18 bits per heavy atom. The van der Waals surface area contributed by atoms with Gasteiger partial charge in [-0.3, -0.25) is 0 Å². The van der Waals surface area contributed by atoms with E-state index in [9.17, 15) is 0 Å². The highest BCUT2D eigenvalue weighted by molar-refractivity contribution is 4.92. The molecule has 11 heavy (non-hydrogen) atoms. The Labute approximate surface area is 66.6 Å². The van der Waals surface area contributed by atoms with Crippen molar-refractivity contribution in [3.05, 3.63) is 0 Å². The van der Waals surface area contributed by atoms with Crippen molar-refractivity contribution < 1.29 is 14.2 Å². The van der Waals surface area contributed by atoms with Crippen molar-refractivity contribution in [2.24, 2.45) is 5.92 Å². The molecule has 4 atom stereocenters. The zero-order valence-corrected chi connectivity index (χ0v) is 6.95. The van der Waals surface area contributed by atoms with Crippen LogP contribution in [0.15, 0.2) is 0 Å². The summed E-state index contributed by atoms with van der Waals surface area (Å²) in [5, 5.41) is 0. The highest BCUT2D eigenvalue weighted by atomic mass is 16.6. The fourth-order valence-corrected chi connectivity index (χ4v) is 1.86. The molecule has 0 saturated carbocycles. The number of hydrogen-bond donors (Lipinski definition) is 0. The molecule has 2 heterocycles. The van der Waals surface area contributed by atoms with Gasteiger partial charge in [-0.1, -0.05) is 6.92 Å².